The highest BCUT2D eigenvalue weighted by atomic mass is 19.4. The van der Waals surface area contributed by atoms with E-state index < -0.39 is 30.4 Å². The zero-order valence-electron chi connectivity index (χ0n) is 15.8. The molecule has 0 radical (unpaired) electrons. The molecule has 1 heterocycles. The van der Waals surface area contributed by atoms with Crippen LogP contribution in [-0.2, 0) is 6.18 Å². The number of ether oxygens (including phenoxy) is 2. The van der Waals surface area contributed by atoms with Crippen LogP contribution in [0.5, 0.6) is 11.6 Å². The lowest BCUT2D eigenvalue weighted by atomic mass is 10.2. The van der Waals surface area contributed by atoms with Gasteiger partial charge < -0.3 is 14.4 Å². The van der Waals surface area contributed by atoms with Gasteiger partial charge in [0.1, 0.15) is 11.3 Å². The third kappa shape index (κ3) is 6.68. The molecule has 2 rings (SSSR count). The van der Waals surface area contributed by atoms with Crippen LogP contribution in [0.25, 0.3) is 0 Å². The van der Waals surface area contributed by atoms with Gasteiger partial charge in [-0.25, -0.2) is 4.98 Å². The van der Waals surface area contributed by atoms with Crippen molar-refractivity contribution in [2.75, 3.05) is 25.2 Å². The van der Waals surface area contributed by atoms with Gasteiger partial charge in [-0.3, -0.25) is 0 Å². The minimum Gasteiger partial charge on any atom is -0.493 e. The second-order valence-electron chi connectivity index (χ2n) is 6.55. The fraction of sp³-hybridized carbons (Fsp3) is 0.444. The van der Waals surface area contributed by atoms with Crippen molar-refractivity contribution in [2.45, 2.75) is 26.2 Å². The number of aromatic nitrogens is 2. The summed E-state index contributed by atoms with van der Waals surface area (Å²) in [7, 11) is 1.46. The van der Waals surface area contributed by atoms with Crippen molar-refractivity contribution >= 4 is 11.6 Å². The number of nitrogens with zero attached hydrogens (tertiary/aromatic N) is 3. The summed E-state index contributed by atoms with van der Waals surface area (Å²) < 4.78 is 86.2. The van der Waals surface area contributed by atoms with Gasteiger partial charge >= 0.3 is 12.4 Å². The van der Waals surface area contributed by atoms with Gasteiger partial charge in [-0.15, -0.1) is 0 Å². The van der Waals surface area contributed by atoms with E-state index in [-0.39, 0.29) is 11.9 Å². The van der Waals surface area contributed by atoms with Gasteiger partial charge in [0.25, 0.3) is 0 Å². The number of rotatable bonds is 7. The summed E-state index contributed by atoms with van der Waals surface area (Å²) in [6, 6.07) is 6.59. The van der Waals surface area contributed by atoms with Crippen LogP contribution in [0.4, 0.5) is 38.0 Å². The molecule has 1 aromatic heterocycles. The molecular weight excluding hydrogens is 404 g/mol. The van der Waals surface area contributed by atoms with Gasteiger partial charge in [0.15, 0.2) is 6.61 Å². The molecule has 0 saturated carbocycles. The SMILES string of the molecule is CC(C)COc1cccc(N(C)c2ncc(C(F)(F)F)c(OCC(F)(F)F)n2)c1. The zero-order valence-corrected chi connectivity index (χ0v) is 15.8. The van der Waals surface area contributed by atoms with Gasteiger partial charge in [0, 0.05) is 25.0 Å². The molecule has 29 heavy (non-hydrogen) atoms. The number of hydrogen-bond acceptors (Lipinski definition) is 5. The molecular formula is C18H19F6N3O2. The van der Waals surface area contributed by atoms with Crippen molar-refractivity contribution in [1.29, 1.82) is 0 Å². The molecule has 0 spiro atoms. The van der Waals surface area contributed by atoms with Crippen LogP contribution < -0.4 is 14.4 Å². The molecule has 0 unspecified atom stereocenters. The molecule has 0 aliphatic rings. The Labute approximate surface area is 163 Å². The van der Waals surface area contributed by atoms with Gasteiger partial charge in [0.2, 0.25) is 11.8 Å². The molecule has 0 atom stereocenters. The molecule has 0 aliphatic heterocycles. The predicted molar refractivity (Wildman–Crippen MR) is 93.4 cm³/mol. The molecule has 0 aliphatic carbocycles. The van der Waals surface area contributed by atoms with Crippen molar-refractivity contribution in [1.82, 2.24) is 9.97 Å². The summed E-state index contributed by atoms with van der Waals surface area (Å²) in [5.74, 6) is -0.665. The van der Waals surface area contributed by atoms with Gasteiger partial charge in [-0.1, -0.05) is 19.9 Å². The van der Waals surface area contributed by atoms with Gasteiger partial charge in [-0.05, 0) is 18.1 Å². The maximum atomic E-state index is 13.1. The van der Waals surface area contributed by atoms with E-state index in [1.165, 1.54) is 11.9 Å². The van der Waals surface area contributed by atoms with E-state index in [2.05, 4.69) is 14.7 Å². The smallest absolute Gasteiger partial charge is 0.423 e. The average molecular weight is 423 g/mol. The Bertz CT molecular complexity index is 824. The van der Waals surface area contributed by atoms with E-state index in [0.717, 1.165) is 0 Å². The monoisotopic (exact) mass is 423 g/mol. The highest BCUT2D eigenvalue weighted by Crippen LogP contribution is 2.36. The maximum absolute atomic E-state index is 13.1. The van der Waals surface area contributed by atoms with Crippen molar-refractivity contribution in [3.8, 4) is 11.6 Å². The van der Waals surface area contributed by atoms with E-state index in [4.69, 9.17) is 4.74 Å². The van der Waals surface area contributed by atoms with E-state index in [9.17, 15) is 26.3 Å². The summed E-state index contributed by atoms with van der Waals surface area (Å²) in [4.78, 5) is 8.49. The third-order valence-corrected chi connectivity index (χ3v) is 3.51. The molecule has 160 valence electrons. The first-order chi connectivity index (χ1) is 13.4. The molecule has 1 aromatic carbocycles. The summed E-state index contributed by atoms with van der Waals surface area (Å²) in [6.07, 6.45) is -9.39. The average Bonchev–Trinajstić information content (AvgIpc) is 2.62. The lowest BCUT2D eigenvalue weighted by Crippen LogP contribution is -2.23. The van der Waals surface area contributed by atoms with Crippen LogP contribution in [0.15, 0.2) is 30.5 Å². The quantitative estimate of drug-likeness (QED) is 0.570. The molecule has 2 aromatic rings. The Balaban J connectivity index is 2.32. The molecule has 11 heteroatoms. The Hall–Kier alpha value is -2.72. The largest absolute Gasteiger partial charge is 0.493 e. The summed E-state index contributed by atoms with van der Waals surface area (Å²) >= 11 is 0. The number of hydrogen-bond donors (Lipinski definition) is 0. The normalized spacial score (nSPS) is 12.2. The third-order valence-electron chi connectivity index (χ3n) is 3.51. The van der Waals surface area contributed by atoms with Crippen LogP contribution >= 0.6 is 0 Å². The first-order valence-electron chi connectivity index (χ1n) is 8.47. The second-order valence-corrected chi connectivity index (χ2v) is 6.55. The van der Waals surface area contributed by atoms with E-state index >= 15 is 0 Å². The van der Waals surface area contributed by atoms with Gasteiger partial charge in [0.05, 0.1) is 6.61 Å². The highest BCUT2D eigenvalue weighted by molar-refractivity contribution is 5.59. The highest BCUT2D eigenvalue weighted by Gasteiger charge is 2.38. The Kier molecular flexibility index (Phi) is 6.81. The van der Waals surface area contributed by atoms with Crippen LogP contribution in [0.1, 0.15) is 19.4 Å². The molecule has 0 bridgehead atoms. The van der Waals surface area contributed by atoms with Gasteiger partial charge in [-0.2, -0.15) is 31.3 Å². The van der Waals surface area contributed by atoms with Crippen LogP contribution in [0, 0.1) is 5.92 Å². The van der Waals surface area contributed by atoms with E-state index in [1.807, 2.05) is 13.8 Å². The van der Waals surface area contributed by atoms with Crippen LogP contribution in [0.2, 0.25) is 0 Å². The standard InChI is InChI=1S/C18H19F6N3O2/c1-11(2)9-28-13-6-4-5-12(7-13)27(3)16-25-8-14(18(22,23)24)15(26-16)29-10-17(19,20)21/h4-8,11H,9-10H2,1-3H3. The second kappa shape index (κ2) is 8.75. The molecule has 0 fully saturated rings. The fourth-order valence-electron chi connectivity index (χ4n) is 2.13. The Morgan fingerprint density at radius 3 is 2.34 bits per heavy atom. The molecule has 0 saturated heterocycles. The summed E-state index contributed by atoms with van der Waals surface area (Å²) in [5, 5.41) is 0. The minimum atomic E-state index is -4.97. The Morgan fingerprint density at radius 2 is 1.76 bits per heavy atom. The van der Waals surface area contributed by atoms with Crippen LogP contribution in [-0.4, -0.2) is 36.4 Å². The lowest BCUT2D eigenvalue weighted by molar-refractivity contribution is -0.159. The molecule has 5 nitrogen and oxygen atoms in total. The first kappa shape index (κ1) is 22.6. The van der Waals surface area contributed by atoms with Crippen LogP contribution in [0.3, 0.4) is 0 Å². The minimum absolute atomic E-state index is 0.267. The molecule has 0 amide bonds. The van der Waals surface area contributed by atoms with Crippen molar-refractivity contribution in [3.05, 3.63) is 36.0 Å². The predicted octanol–water partition coefficient (Wildman–Crippen LogP) is 5.24. The number of halogens is 6. The fourth-order valence-corrected chi connectivity index (χ4v) is 2.13. The van der Waals surface area contributed by atoms with Crippen molar-refractivity contribution in [2.24, 2.45) is 5.92 Å². The summed E-state index contributed by atoms with van der Waals surface area (Å²) in [6.45, 7) is 2.48. The first-order valence-corrected chi connectivity index (χ1v) is 8.47. The number of alkyl halides is 6. The number of anilines is 2. The van der Waals surface area contributed by atoms with E-state index in [1.54, 1.807) is 24.3 Å². The Morgan fingerprint density at radius 1 is 1.07 bits per heavy atom. The zero-order chi connectivity index (χ0) is 21.8. The van der Waals surface area contributed by atoms with E-state index in [0.29, 0.717) is 24.2 Å². The maximum Gasteiger partial charge on any atom is 0.423 e. The topological polar surface area (TPSA) is 47.5 Å². The molecule has 0 N–H and O–H groups in total. The summed E-state index contributed by atoms with van der Waals surface area (Å²) in [5.41, 5.74) is -1.03. The van der Waals surface area contributed by atoms with Crippen molar-refractivity contribution < 1.29 is 35.8 Å². The lowest BCUT2D eigenvalue weighted by Gasteiger charge is -2.20. The number of benzene rings is 1. The van der Waals surface area contributed by atoms with Crippen molar-refractivity contribution in [3.63, 3.8) is 0 Å².